The van der Waals surface area contributed by atoms with Crippen LogP contribution in [0.1, 0.15) is 32.0 Å². The highest BCUT2D eigenvalue weighted by molar-refractivity contribution is 5.01. The Morgan fingerprint density at radius 2 is 2.23 bits per heavy atom. The molecule has 1 atom stereocenters. The van der Waals surface area contributed by atoms with Crippen LogP contribution >= 0.6 is 0 Å². The summed E-state index contributed by atoms with van der Waals surface area (Å²) < 4.78 is 5.25. The maximum Gasteiger partial charge on any atom is 0.230 e. The lowest BCUT2D eigenvalue weighted by Gasteiger charge is -2.02. The first-order valence-electron chi connectivity index (χ1n) is 4.60. The Kier molecular flexibility index (Phi) is 1.87. The second kappa shape index (κ2) is 2.80. The number of rotatable bonds is 3. The third kappa shape index (κ3) is 1.88. The highest BCUT2D eigenvalue weighted by atomic mass is 16.4. The maximum atomic E-state index is 5.25. The molecule has 0 spiro atoms. The molecule has 0 aliphatic heterocycles. The van der Waals surface area contributed by atoms with Crippen molar-refractivity contribution in [3.63, 3.8) is 0 Å². The van der Waals surface area contributed by atoms with Crippen molar-refractivity contribution in [1.82, 2.24) is 15.5 Å². The largest absolute Gasteiger partial charge is 0.424 e. The molecule has 1 unspecified atom stereocenters. The molecule has 1 aromatic heterocycles. The third-order valence-corrected chi connectivity index (χ3v) is 2.58. The lowest BCUT2D eigenvalue weighted by atomic mass is 10.2. The van der Waals surface area contributed by atoms with Crippen LogP contribution < -0.4 is 5.32 Å². The van der Waals surface area contributed by atoms with Crippen LogP contribution in [0.5, 0.6) is 0 Å². The van der Waals surface area contributed by atoms with E-state index in [1.807, 2.05) is 0 Å². The zero-order valence-electron chi connectivity index (χ0n) is 8.29. The van der Waals surface area contributed by atoms with Crippen molar-refractivity contribution in [3.05, 3.63) is 11.8 Å². The molecule has 4 nitrogen and oxygen atoms in total. The van der Waals surface area contributed by atoms with E-state index in [0.717, 1.165) is 0 Å². The summed E-state index contributed by atoms with van der Waals surface area (Å²) in [5.74, 6) is 1.31. The van der Waals surface area contributed by atoms with Crippen molar-refractivity contribution in [2.24, 2.45) is 5.41 Å². The average molecular weight is 181 g/mol. The Morgan fingerprint density at radius 3 is 2.69 bits per heavy atom. The van der Waals surface area contributed by atoms with Gasteiger partial charge in [0.05, 0.1) is 6.54 Å². The minimum Gasteiger partial charge on any atom is -0.424 e. The van der Waals surface area contributed by atoms with Gasteiger partial charge in [0.2, 0.25) is 11.8 Å². The van der Waals surface area contributed by atoms with E-state index in [1.54, 1.807) is 6.92 Å². The van der Waals surface area contributed by atoms with E-state index in [1.165, 1.54) is 6.42 Å². The molecule has 0 radical (unpaired) electrons. The van der Waals surface area contributed by atoms with Crippen LogP contribution in [0, 0.1) is 12.3 Å². The van der Waals surface area contributed by atoms with E-state index in [4.69, 9.17) is 4.42 Å². The molecule has 13 heavy (non-hydrogen) atoms. The predicted molar refractivity (Wildman–Crippen MR) is 48.1 cm³/mol. The third-order valence-electron chi connectivity index (χ3n) is 2.58. The fourth-order valence-corrected chi connectivity index (χ4v) is 1.44. The topological polar surface area (TPSA) is 51.0 Å². The van der Waals surface area contributed by atoms with Crippen LogP contribution in [0.15, 0.2) is 4.42 Å². The monoisotopic (exact) mass is 181 g/mol. The van der Waals surface area contributed by atoms with Gasteiger partial charge in [-0.15, -0.1) is 10.2 Å². The molecule has 1 saturated carbocycles. The van der Waals surface area contributed by atoms with Gasteiger partial charge in [-0.05, 0) is 11.8 Å². The molecule has 4 heteroatoms. The van der Waals surface area contributed by atoms with Crippen molar-refractivity contribution < 1.29 is 4.42 Å². The van der Waals surface area contributed by atoms with Crippen LogP contribution in [0.2, 0.25) is 0 Å². The van der Waals surface area contributed by atoms with E-state index in [-0.39, 0.29) is 0 Å². The smallest absolute Gasteiger partial charge is 0.230 e. The number of hydrogen-bond donors (Lipinski definition) is 1. The molecule has 0 bridgehead atoms. The van der Waals surface area contributed by atoms with Gasteiger partial charge >= 0.3 is 0 Å². The molecule has 1 fully saturated rings. The summed E-state index contributed by atoms with van der Waals surface area (Å²) in [6.45, 7) is 7.00. The summed E-state index contributed by atoms with van der Waals surface area (Å²) in [5.41, 5.74) is 0.453. The Labute approximate surface area is 77.7 Å². The lowest BCUT2D eigenvalue weighted by Crippen LogP contribution is -2.20. The number of aromatic nitrogens is 2. The standard InChI is InChI=1S/C9H15N3O/c1-6-11-12-8(13-6)5-10-7-4-9(7,2)3/h7,10H,4-5H2,1-3H3. The molecule has 0 amide bonds. The first kappa shape index (κ1) is 8.69. The number of aryl methyl sites for hydroxylation is 1. The molecule has 72 valence electrons. The van der Waals surface area contributed by atoms with E-state index >= 15 is 0 Å². The van der Waals surface area contributed by atoms with Crippen molar-refractivity contribution in [1.29, 1.82) is 0 Å². The van der Waals surface area contributed by atoms with Crippen LogP contribution in [0.25, 0.3) is 0 Å². The number of hydrogen-bond acceptors (Lipinski definition) is 4. The molecule has 1 N–H and O–H groups in total. The molecule has 0 saturated heterocycles. The van der Waals surface area contributed by atoms with Crippen molar-refractivity contribution >= 4 is 0 Å². The zero-order chi connectivity index (χ0) is 9.47. The van der Waals surface area contributed by atoms with Gasteiger partial charge < -0.3 is 9.73 Å². The van der Waals surface area contributed by atoms with Gasteiger partial charge in [-0.3, -0.25) is 0 Å². The molecule has 1 aliphatic carbocycles. The quantitative estimate of drug-likeness (QED) is 0.762. The fraction of sp³-hybridized carbons (Fsp3) is 0.778. The number of nitrogens with zero attached hydrogens (tertiary/aromatic N) is 2. The van der Waals surface area contributed by atoms with Gasteiger partial charge in [0, 0.05) is 13.0 Å². The van der Waals surface area contributed by atoms with Crippen molar-refractivity contribution in [3.8, 4) is 0 Å². The summed E-state index contributed by atoms with van der Waals surface area (Å²) in [5, 5.41) is 11.1. The van der Waals surface area contributed by atoms with Crippen LogP contribution in [-0.4, -0.2) is 16.2 Å². The summed E-state index contributed by atoms with van der Waals surface area (Å²) >= 11 is 0. The van der Waals surface area contributed by atoms with E-state index in [2.05, 4.69) is 29.4 Å². The Morgan fingerprint density at radius 1 is 1.54 bits per heavy atom. The highest BCUT2D eigenvalue weighted by Crippen LogP contribution is 2.44. The predicted octanol–water partition coefficient (Wildman–Crippen LogP) is 1.27. The van der Waals surface area contributed by atoms with Gasteiger partial charge in [-0.2, -0.15) is 0 Å². The van der Waals surface area contributed by atoms with Gasteiger partial charge in [0.25, 0.3) is 0 Å². The van der Waals surface area contributed by atoms with E-state index in [0.29, 0.717) is 29.8 Å². The zero-order valence-corrected chi connectivity index (χ0v) is 8.29. The first-order chi connectivity index (χ1) is 6.08. The molecule has 1 aromatic rings. The van der Waals surface area contributed by atoms with Crippen LogP contribution in [0.3, 0.4) is 0 Å². The summed E-state index contributed by atoms with van der Waals surface area (Å²) in [6, 6.07) is 0.611. The van der Waals surface area contributed by atoms with Gasteiger partial charge in [-0.25, -0.2) is 0 Å². The van der Waals surface area contributed by atoms with Gasteiger partial charge in [-0.1, -0.05) is 13.8 Å². The minimum absolute atomic E-state index is 0.453. The molecule has 0 aromatic carbocycles. The van der Waals surface area contributed by atoms with Crippen LogP contribution in [0.4, 0.5) is 0 Å². The second-order valence-corrected chi connectivity index (χ2v) is 4.34. The molecule has 1 heterocycles. The Bertz CT molecular complexity index is 306. The Balaban J connectivity index is 1.81. The molecule has 2 rings (SSSR count). The SMILES string of the molecule is Cc1nnc(CNC2CC2(C)C)o1. The lowest BCUT2D eigenvalue weighted by molar-refractivity contribution is 0.434. The molecular formula is C9H15N3O. The van der Waals surface area contributed by atoms with Crippen LogP contribution in [-0.2, 0) is 6.54 Å². The highest BCUT2D eigenvalue weighted by Gasteiger charge is 2.45. The average Bonchev–Trinajstić information content (AvgIpc) is 2.45. The van der Waals surface area contributed by atoms with Gasteiger partial charge in [0.1, 0.15) is 0 Å². The van der Waals surface area contributed by atoms with Crippen molar-refractivity contribution in [2.45, 2.75) is 39.8 Å². The first-order valence-corrected chi connectivity index (χ1v) is 4.60. The van der Waals surface area contributed by atoms with E-state index < -0.39 is 0 Å². The molecule has 1 aliphatic rings. The Hall–Kier alpha value is -0.900. The minimum atomic E-state index is 0.453. The summed E-state index contributed by atoms with van der Waals surface area (Å²) in [6.07, 6.45) is 1.24. The second-order valence-electron chi connectivity index (χ2n) is 4.34. The summed E-state index contributed by atoms with van der Waals surface area (Å²) in [4.78, 5) is 0. The van der Waals surface area contributed by atoms with Crippen molar-refractivity contribution in [2.75, 3.05) is 0 Å². The molecular weight excluding hydrogens is 166 g/mol. The normalized spacial score (nSPS) is 24.7. The fourth-order valence-electron chi connectivity index (χ4n) is 1.44. The number of nitrogens with one attached hydrogen (secondary N) is 1. The summed E-state index contributed by atoms with van der Waals surface area (Å²) in [7, 11) is 0. The maximum absolute atomic E-state index is 5.25. The van der Waals surface area contributed by atoms with Gasteiger partial charge in [0.15, 0.2) is 0 Å². The van der Waals surface area contributed by atoms with E-state index in [9.17, 15) is 0 Å².